The number of hydrogen-bond acceptors (Lipinski definition) is 4. The molecule has 2 aromatic carbocycles. The van der Waals surface area contributed by atoms with Crippen LogP contribution in [0.25, 0.3) is 10.2 Å². The number of aryl methyl sites for hydroxylation is 1. The Kier molecular flexibility index (Phi) is 6.03. The van der Waals surface area contributed by atoms with E-state index in [-0.39, 0.29) is 21.2 Å². The van der Waals surface area contributed by atoms with Crippen LogP contribution in [0.5, 0.6) is 0 Å². The molecule has 7 heteroatoms. The Balaban J connectivity index is 1.86. The molecule has 3 aromatic rings. The van der Waals surface area contributed by atoms with Crippen molar-refractivity contribution in [3.05, 3.63) is 63.3 Å². The molecule has 29 heavy (non-hydrogen) atoms. The minimum Gasteiger partial charge on any atom is -0.299 e. The Morgan fingerprint density at radius 3 is 2.34 bits per heavy atom. The quantitative estimate of drug-likeness (QED) is 0.608. The molecule has 0 aliphatic heterocycles. The average Bonchev–Trinajstić information content (AvgIpc) is 2.96. The van der Waals surface area contributed by atoms with E-state index >= 15 is 0 Å². The fourth-order valence-corrected chi connectivity index (χ4v) is 5.58. The molecular formula is C22H28N2O3S2. The van der Waals surface area contributed by atoms with Gasteiger partial charge in [0.1, 0.15) is 0 Å². The number of fused-ring (bicyclic) bond motifs is 1. The van der Waals surface area contributed by atoms with Crippen molar-refractivity contribution in [2.45, 2.75) is 63.9 Å². The van der Waals surface area contributed by atoms with Gasteiger partial charge in [0.25, 0.3) is 0 Å². The zero-order chi connectivity index (χ0) is 21.4. The summed E-state index contributed by atoms with van der Waals surface area (Å²) >= 11 is 1.08. The van der Waals surface area contributed by atoms with Crippen molar-refractivity contribution < 1.29 is 8.42 Å². The van der Waals surface area contributed by atoms with Crippen LogP contribution in [0.3, 0.4) is 0 Å². The molecule has 5 nitrogen and oxygen atoms in total. The van der Waals surface area contributed by atoms with E-state index in [0.29, 0.717) is 11.2 Å². The molecule has 3 rings (SSSR count). The normalized spacial score (nSPS) is 13.7. The molecule has 0 saturated carbocycles. The third-order valence-corrected chi connectivity index (χ3v) is 7.49. The number of aromatic nitrogens is 1. The van der Waals surface area contributed by atoms with Crippen LogP contribution in [0, 0.1) is 0 Å². The number of nitrogens with zero attached hydrogens (tertiary/aromatic N) is 1. The lowest BCUT2D eigenvalue weighted by Crippen LogP contribution is -2.27. The van der Waals surface area contributed by atoms with E-state index < -0.39 is 10.0 Å². The first-order valence-corrected chi connectivity index (χ1v) is 12.1. The number of sulfonamides is 1. The van der Waals surface area contributed by atoms with Gasteiger partial charge in [0.05, 0.1) is 15.1 Å². The lowest BCUT2D eigenvalue weighted by Gasteiger charge is -2.20. The van der Waals surface area contributed by atoms with E-state index in [2.05, 4.69) is 25.5 Å². The van der Waals surface area contributed by atoms with Crippen molar-refractivity contribution in [2.75, 3.05) is 0 Å². The average molecular weight is 433 g/mol. The van der Waals surface area contributed by atoms with Gasteiger partial charge in [0.2, 0.25) is 10.0 Å². The molecule has 1 aromatic heterocycles. The van der Waals surface area contributed by atoms with E-state index in [0.717, 1.165) is 28.8 Å². The molecule has 1 unspecified atom stereocenters. The molecule has 0 spiro atoms. The second-order valence-electron chi connectivity index (χ2n) is 8.36. The predicted octanol–water partition coefficient (Wildman–Crippen LogP) is 4.81. The van der Waals surface area contributed by atoms with Gasteiger partial charge in [-0.2, -0.15) is 0 Å². The highest BCUT2D eigenvalue weighted by molar-refractivity contribution is 7.89. The maximum atomic E-state index is 12.9. The van der Waals surface area contributed by atoms with Crippen LogP contribution in [0.2, 0.25) is 0 Å². The maximum Gasteiger partial charge on any atom is 0.308 e. The molecule has 0 radical (unpaired) electrons. The van der Waals surface area contributed by atoms with Gasteiger partial charge < -0.3 is 0 Å². The van der Waals surface area contributed by atoms with Crippen molar-refractivity contribution in [1.29, 1.82) is 0 Å². The Bertz CT molecular complexity index is 1170. The standard InChI is InChI=1S/C22H28N2O3S2/c1-6-13-24-19-12-11-18(14-20(19)28-21(24)25)29(26,27)23-15(2)16-7-9-17(10-8-16)22(3,4)5/h7-12,14-15,23H,6,13H2,1-5H3. The monoisotopic (exact) mass is 432 g/mol. The van der Waals surface area contributed by atoms with Crippen molar-refractivity contribution in [2.24, 2.45) is 0 Å². The highest BCUT2D eigenvalue weighted by atomic mass is 32.2. The highest BCUT2D eigenvalue weighted by Crippen LogP contribution is 2.26. The number of rotatable bonds is 6. The zero-order valence-electron chi connectivity index (χ0n) is 17.5. The number of nitrogens with one attached hydrogen (secondary N) is 1. The highest BCUT2D eigenvalue weighted by Gasteiger charge is 2.21. The van der Waals surface area contributed by atoms with E-state index in [1.54, 1.807) is 22.8 Å². The lowest BCUT2D eigenvalue weighted by molar-refractivity contribution is 0.566. The molecule has 0 aliphatic carbocycles. The van der Waals surface area contributed by atoms with E-state index in [4.69, 9.17) is 0 Å². The van der Waals surface area contributed by atoms with Gasteiger partial charge in [0, 0.05) is 12.6 Å². The third kappa shape index (κ3) is 4.63. The molecule has 156 valence electrons. The summed E-state index contributed by atoms with van der Waals surface area (Å²) in [6, 6.07) is 12.5. The number of benzene rings is 2. The summed E-state index contributed by atoms with van der Waals surface area (Å²) in [7, 11) is -3.71. The van der Waals surface area contributed by atoms with Crippen molar-refractivity contribution in [1.82, 2.24) is 9.29 Å². The molecule has 0 amide bonds. The zero-order valence-corrected chi connectivity index (χ0v) is 19.2. The number of hydrogen-bond donors (Lipinski definition) is 1. The second kappa shape index (κ2) is 8.05. The molecule has 1 heterocycles. The van der Waals surface area contributed by atoms with Crippen LogP contribution in [-0.4, -0.2) is 13.0 Å². The summed E-state index contributed by atoms with van der Waals surface area (Å²) in [5, 5.41) is 0. The molecular weight excluding hydrogens is 404 g/mol. The lowest BCUT2D eigenvalue weighted by atomic mass is 9.86. The maximum absolute atomic E-state index is 12.9. The topological polar surface area (TPSA) is 68.2 Å². The second-order valence-corrected chi connectivity index (χ2v) is 11.1. The third-order valence-electron chi connectivity index (χ3n) is 5.01. The first-order valence-electron chi connectivity index (χ1n) is 9.79. The Morgan fingerprint density at radius 1 is 1.10 bits per heavy atom. The van der Waals surface area contributed by atoms with Gasteiger partial charge in [0.15, 0.2) is 0 Å². The largest absolute Gasteiger partial charge is 0.308 e. The van der Waals surface area contributed by atoms with Crippen LogP contribution in [0.15, 0.2) is 52.2 Å². The Hall–Kier alpha value is -1.96. The Labute approximate surface area is 176 Å². The van der Waals surface area contributed by atoms with Crippen LogP contribution < -0.4 is 9.60 Å². The van der Waals surface area contributed by atoms with Gasteiger partial charge in [-0.05, 0) is 48.1 Å². The molecule has 0 bridgehead atoms. The van der Waals surface area contributed by atoms with Gasteiger partial charge in [-0.1, -0.05) is 63.3 Å². The van der Waals surface area contributed by atoms with Gasteiger partial charge in [-0.25, -0.2) is 13.1 Å². The summed E-state index contributed by atoms with van der Waals surface area (Å²) in [5.74, 6) is 0. The summed E-state index contributed by atoms with van der Waals surface area (Å²) in [6.07, 6.45) is 0.846. The van der Waals surface area contributed by atoms with E-state index in [9.17, 15) is 13.2 Å². The predicted molar refractivity (Wildman–Crippen MR) is 120 cm³/mol. The van der Waals surface area contributed by atoms with Crippen LogP contribution in [0.4, 0.5) is 0 Å². The first-order chi connectivity index (χ1) is 13.5. The summed E-state index contributed by atoms with van der Waals surface area (Å²) < 4.78 is 31.0. The van der Waals surface area contributed by atoms with Crippen molar-refractivity contribution >= 4 is 31.6 Å². The molecule has 0 fully saturated rings. The number of thiazole rings is 1. The summed E-state index contributed by atoms with van der Waals surface area (Å²) in [4.78, 5) is 12.3. The van der Waals surface area contributed by atoms with E-state index in [1.807, 2.05) is 38.1 Å². The van der Waals surface area contributed by atoms with Crippen molar-refractivity contribution in [3.8, 4) is 0 Å². The van der Waals surface area contributed by atoms with Crippen molar-refractivity contribution in [3.63, 3.8) is 0 Å². The van der Waals surface area contributed by atoms with Crippen LogP contribution in [0.1, 0.15) is 58.2 Å². The SMILES string of the molecule is CCCn1c(=O)sc2cc(S(=O)(=O)NC(C)c3ccc(C(C)(C)C)cc3)ccc21. The minimum absolute atomic E-state index is 0.0481. The summed E-state index contributed by atoms with van der Waals surface area (Å²) in [6.45, 7) is 10.9. The fraction of sp³-hybridized carbons (Fsp3) is 0.409. The molecule has 1 atom stereocenters. The smallest absolute Gasteiger partial charge is 0.299 e. The first kappa shape index (κ1) is 21.7. The molecule has 1 N–H and O–H groups in total. The van der Waals surface area contributed by atoms with Gasteiger partial charge >= 0.3 is 4.87 Å². The van der Waals surface area contributed by atoms with Crippen LogP contribution in [-0.2, 0) is 22.0 Å². The summed E-state index contributed by atoms with van der Waals surface area (Å²) in [5.41, 5.74) is 2.94. The molecule has 0 saturated heterocycles. The van der Waals surface area contributed by atoms with Gasteiger partial charge in [-0.3, -0.25) is 9.36 Å². The van der Waals surface area contributed by atoms with Crippen LogP contribution >= 0.6 is 11.3 Å². The fourth-order valence-electron chi connectivity index (χ4n) is 3.29. The Morgan fingerprint density at radius 2 is 1.76 bits per heavy atom. The van der Waals surface area contributed by atoms with Gasteiger partial charge in [-0.15, -0.1) is 0 Å². The molecule has 0 aliphatic rings. The van der Waals surface area contributed by atoms with E-state index in [1.165, 1.54) is 5.56 Å². The minimum atomic E-state index is -3.71.